The van der Waals surface area contributed by atoms with Crippen LogP contribution in [-0.2, 0) is 9.59 Å². The molecule has 7 nitrogen and oxygen atoms in total. The topological polar surface area (TPSA) is 104 Å². The molecular formula is C31H39N3O4. The van der Waals surface area contributed by atoms with E-state index in [4.69, 9.17) is 5.73 Å². The Hall–Kier alpha value is -3.35. The summed E-state index contributed by atoms with van der Waals surface area (Å²) in [7, 11) is 0. The number of carbonyl (C=O) groups is 3. The minimum absolute atomic E-state index is 0.136. The molecule has 3 aliphatic rings. The Kier molecular flexibility index (Phi) is 7.21. The fraction of sp³-hybridized carbons (Fsp3) is 0.516. The molecule has 1 aliphatic carbocycles. The number of hydrogen-bond donors (Lipinski definition) is 2. The number of carbonyl (C=O) groups excluding carboxylic acids is 2. The van der Waals surface area contributed by atoms with E-state index in [9.17, 15) is 19.5 Å². The van der Waals surface area contributed by atoms with Gasteiger partial charge in [0.1, 0.15) is 0 Å². The molecule has 5 rings (SSSR count). The summed E-state index contributed by atoms with van der Waals surface area (Å²) < 4.78 is 0. The maximum atomic E-state index is 13.3. The van der Waals surface area contributed by atoms with Crippen molar-refractivity contribution in [2.24, 2.45) is 23.0 Å². The zero-order valence-electron chi connectivity index (χ0n) is 22.5. The van der Waals surface area contributed by atoms with Crippen LogP contribution in [0, 0.1) is 31.1 Å². The number of aryl methyl sites for hydroxylation is 2. The van der Waals surface area contributed by atoms with Gasteiger partial charge in [-0.05, 0) is 61.9 Å². The van der Waals surface area contributed by atoms with E-state index < -0.39 is 17.3 Å². The van der Waals surface area contributed by atoms with Crippen LogP contribution in [0.15, 0.2) is 42.5 Å². The fourth-order valence-corrected chi connectivity index (χ4v) is 7.38. The molecule has 3 fully saturated rings. The molecule has 1 saturated carbocycles. The third-order valence-corrected chi connectivity index (χ3v) is 9.37. The highest BCUT2D eigenvalue weighted by Crippen LogP contribution is 2.51. The van der Waals surface area contributed by atoms with Crippen LogP contribution in [0.3, 0.4) is 0 Å². The molecule has 2 aliphatic heterocycles. The molecule has 2 heterocycles. The van der Waals surface area contributed by atoms with E-state index in [1.807, 2.05) is 49.1 Å². The van der Waals surface area contributed by atoms with Crippen molar-refractivity contribution in [2.75, 3.05) is 31.1 Å². The van der Waals surface area contributed by atoms with Gasteiger partial charge in [0.15, 0.2) is 0 Å². The maximum Gasteiger partial charge on any atom is 0.310 e. The number of carboxylic acid groups (broad SMARTS) is 1. The third kappa shape index (κ3) is 4.79. The van der Waals surface area contributed by atoms with Crippen LogP contribution < -0.4 is 10.6 Å². The number of amides is 2. The summed E-state index contributed by atoms with van der Waals surface area (Å²) in [6, 6.07) is 14.3. The van der Waals surface area contributed by atoms with Crippen LogP contribution in [0.25, 0.3) is 0 Å². The number of nitrogens with zero attached hydrogens (tertiary/aromatic N) is 2. The number of carboxylic acids is 1. The molecular weight excluding hydrogens is 478 g/mol. The number of benzene rings is 2. The molecule has 0 bridgehead atoms. The van der Waals surface area contributed by atoms with Gasteiger partial charge < -0.3 is 20.6 Å². The number of fused-ring (bicyclic) bond motifs is 1. The maximum absolute atomic E-state index is 13.3. The van der Waals surface area contributed by atoms with Gasteiger partial charge in [0, 0.05) is 61.6 Å². The summed E-state index contributed by atoms with van der Waals surface area (Å²) in [6.45, 7) is 7.28. The summed E-state index contributed by atoms with van der Waals surface area (Å²) >= 11 is 0. The van der Waals surface area contributed by atoms with Crippen molar-refractivity contribution in [2.45, 2.75) is 58.3 Å². The minimum atomic E-state index is -0.843. The summed E-state index contributed by atoms with van der Waals surface area (Å²) in [5, 5.41) is 10.3. The number of aliphatic carboxylic acids is 1. The number of anilines is 1. The molecule has 2 aromatic carbocycles. The molecule has 2 saturated heterocycles. The van der Waals surface area contributed by atoms with Gasteiger partial charge in [0.25, 0.3) is 5.91 Å². The lowest BCUT2D eigenvalue weighted by Crippen LogP contribution is -2.36. The van der Waals surface area contributed by atoms with Crippen molar-refractivity contribution in [3.63, 3.8) is 0 Å². The average Bonchev–Trinajstić information content (AvgIpc) is 3.60. The molecule has 0 aromatic heterocycles. The molecule has 2 amide bonds. The molecule has 3 unspecified atom stereocenters. The Morgan fingerprint density at radius 2 is 1.58 bits per heavy atom. The largest absolute Gasteiger partial charge is 0.481 e. The first-order chi connectivity index (χ1) is 18.2. The van der Waals surface area contributed by atoms with Crippen LogP contribution in [0.1, 0.15) is 71.5 Å². The first-order valence-electron chi connectivity index (χ1n) is 13.9. The smallest absolute Gasteiger partial charge is 0.310 e. The molecule has 202 valence electrons. The Balaban J connectivity index is 1.32. The zero-order valence-corrected chi connectivity index (χ0v) is 22.5. The molecule has 3 atom stereocenters. The van der Waals surface area contributed by atoms with Gasteiger partial charge in [-0.3, -0.25) is 14.4 Å². The minimum Gasteiger partial charge on any atom is -0.481 e. The van der Waals surface area contributed by atoms with Gasteiger partial charge in [-0.25, -0.2) is 0 Å². The highest BCUT2D eigenvalue weighted by molar-refractivity contribution is 5.97. The molecule has 2 aromatic rings. The Morgan fingerprint density at radius 1 is 0.974 bits per heavy atom. The van der Waals surface area contributed by atoms with E-state index in [-0.39, 0.29) is 18.2 Å². The summed E-state index contributed by atoms with van der Waals surface area (Å²) in [4.78, 5) is 41.9. The Bertz CT molecular complexity index is 1200. The van der Waals surface area contributed by atoms with Crippen molar-refractivity contribution in [1.82, 2.24) is 4.90 Å². The van der Waals surface area contributed by atoms with Crippen LogP contribution in [0.2, 0.25) is 0 Å². The van der Waals surface area contributed by atoms with Gasteiger partial charge in [0.2, 0.25) is 5.91 Å². The van der Waals surface area contributed by atoms with Crippen molar-refractivity contribution < 1.29 is 19.5 Å². The second-order valence-electron chi connectivity index (χ2n) is 11.7. The quantitative estimate of drug-likeness (QED) is 0.536. The summed E-state index contributed by atoms with van der Waals surface area (Å²) in [5.41, 5.74) is 9.60. The Morgan fingerprint density at radius 3 is 2.16 bits per heavy atom. The first-order valence-corrected chi connectivity index (χ1v) is 13.9. The second-order valence-corrected chi connectivity index (χ2v) is 11.7. The molecule has 7 heteroatoms. The van der Waals surface area contributed by atoms with Gasteiger partial charge in [-0.15, -0.1) is 0 Å². The van der Waals surface area contributed by atoms with Gasteiger partial charge in [-0.2, -0.15) is 0 Å². The van der Waals surface area contributed by atoms with E-state index >= 15 is 0 Å². The predicted octanol–water partition coefficient (Wildman–Crippen LogP) is 4.51. The van der Waals surface area contributed by atoms with Gasteiger partial charge in [0.05, 0.1) is 5.41 Å². The predicted molar refractivity (Wildman–Crippen MR) is 147 cm³/mol. The van der Waals surface area contributed by atoms with Crippen LogP contribution in [-0.4, -0.2) is 54.0 Å². The van der Waals surface area contributed by atoms with E-state index in [2.05, 4.69) is 17.0 Å². The van der Waals surface area contributed by atoms with Crippen molar-refractivity contribution in [1.29, 1.82) is 0 Å². The molecule has 3 N–H and O–H groups in total. The number of primary amides is 1. The first kappa shape index (κ1) is 26.3. The van der Waals surface area contributed by atoms with Crippen LogP contribution in [0.4, 0.5) is 5.69 Å². The summed E-state index contributed by atoms with van der Waals surface area (Å²) in [5.74, 6) is -0.439. The van der Waals surface area contributed by atoms with Crippen molar-refractivity contribution in [3.8, 4) is 0 Å². The lowest BCUT2D eigenvalue weighted by atomic mass is 9.68. The summed E-state index contributed by atoms with van der Waals surface area (Å²) in [6.07, 6.45) is 3.69. The fourth-order valence-electron chi connectivity index (χ4n) is 7.38. The number of rotatable bonds is 8. The number of hydrogen-bond acceptors (Lipinski definition) is 4. The second kappa shape index (κ2) is 10.4. The third-order valence-electron chi connectivity index (χ3n) is 9.37. The highest BCUT2D eigenvalue weighted by atomic mass is 16.4. The number of likely N-dealkylation sites (tertiary alicyclic amines) is 1. The van der Waals surface area contributed by atoms with E-state index in [0.717, 1.165) is 67.0 Å². The van der Waals surface area contributed by atoms with E-state index in [1.165, 1.54) is 0 Å². The number of nitrogens with two attached hydrogens (primary N) is 1. The average molecular weight is 518 g/mol. The van der Waals surface area contributed by atoms with Crippen molar-refractivity contribution in [3.05, 3.63) is 64.7 Å². The molecule has 38 heavy (non-hydrogen) atoms. The highest BCUT2D eigenvalue weighted by Gasteiger charge is 2.48. The van der Waals surface area contributed by atoms with Crippen LogP contribution >= 0.6 is 0 Å². The lowest BCUT2D eigenvalue weighted by molar-refractivity contribution is -0.150. The van der Waals surface area contributed by atoms with E-state index in [0.29, 0.717) is 31.1 Å². The molecule has 0 spiro atoms. The van der Waals surface area contributed by atoms with Gasteiger partial charge in [-0.1, -0.05) is 43.2 Å². The monoisotopic (exact) mass is 517 g/mol. The van der Waals surface area contributed by atoms with Crippen LogP contribution in [0.5, 0.6) is 0 Å². The van der Waals surface area contributed by atoms with Crippen molar-refractivity contribution >= 4 is 23.5 Å². The SMILES string of the molecule is Cc1cccc(C)c1C(=O)N1CC2CN(c3cccc(C(CCC(N)=O)C4(C(=O)O)CCCC4)c3)CC2C1. The van der Waals surface area contributed by atoms with Gasteiger partial charge >= 0.3 is 5.97 Å². The van der Waals surface area contributed by atoms with E-state index in [1.54, 1.807) is 0 Å². The lowest BCUT2D eigenvalue weighted by Gasteiger charge is -2.35. The molecule has 0 radical (unpaired) electrons. The normalized spacial score (nSPS) is 22.9. The zero-order chi connectivity index (χ0) is 27.0. The standard InChI is InChI=1S/C31H39N3O4/c1-20-7-5-8-21(2)28(20)29(36)34-18-23-16-33(17-24(23)19-34)25-10-6-9-22(15-25)26(11-12-27(32)35)31(30(37)38)13-3-4-14-31/h5-10,15,23-24,26H,3-4,11-14,16-19H2,1-2H3,(H2,32,35)(H,37,38). The Labute approximate surface area is 225 Å².